The predicted molar refractivity (Wildman–Crippen MR) is 109 cm³/mol. The minimum absolute atomic E-state index is 0.110. The smallest absolute Gasteiger partial charge is 0.242 e. The Morgan fingerprint density at radius 1 is 1.07 bits per heavy atom. The van der Waals surface area contributed by atoms with Crippen molar-refractivity contribution in [2.24, 2.45) is 0 Å². The van der Waals surface area contributed by atoms with Crippen LogP contribution in [0.25, 0.3) is 0 Å². The van der Waals surface area contributed by atoms with Crippen LogP contribution in [0.15, 0.2) is 48.5 Å². The molecule has 0 saturated carbocycles. The highest BCUT2D eigenvalue weighted by Crippen LogP contribution is 2.16. The standard InChI is InChI=1S/C23H29FN2O2/c1-16-8-6-7-9-19(16)15-26(17(2)22(28)25-23(3,4)5)21(27)14-18-10-12-20(24)13-11-18/h6-13,17H,14-15H2,1-5H3,(H,25,28). The van der Waals surface area contributed by atoms with E-state index in [1.807, 2.05) is 52.0 Å². The summed E-state index contributed by atoms with van der Waals surface area (Å²) in [6.07, 6.45) is 0.110. The summed E-state index contributed by atoms with van der Waals surface area (Å²) in [6.45, 7) is 9.78. The van der Waals surface area contributed by atoms with E-state index in [4.69, 9.17) is 0 Å². The second-order valence-electron chi connectivity index (χ2n) is 8.17. The second-order valence-corrected chi connectivity index (χ2v) is 8.17. The Kier molecular flexibility index (Phi) is 6.95. The maximum absolute atomic E-state index is 13.2. The van der Waals surface area contributed by atoms with Gasteiger partial charge in [0.15, 0.2) is 0 Å². The number of hydrogen-bond acceptors (Lipinski definition) is 2. The molecule has 2 aromatic carbocycles. The molecule has 0 heterocycles. The molecule has 0 aliphatic rings. The third kappa shape index (κ3) is 6.19. The van der Waals surface area contributed by atoms with E-state index in [0.29, 0.717) is 12.1 Å². The summed E-state index contributed by atoms with van der Waals surface area (Å²) < 4.78 is 13.2. The molecule has 1 N–H and O–H groups in total. The minimum atomic E-state index is -0.633. The van der Waals surface area contributed by atoms with Gasteiger partial charge in [0.2, 0.25) is 11.8 Å². The van der Waals surface area contributed by atoms with Gasteiger partial charge in [0.25, 0.3) is 0 Å². The van der Waals surface area contributed by atoms with Crippen LogP contribution in [-0.4, -0.2) is 28.3 Å². The molecule has 0 radical (unpaired) electrons. The molecule has 5 heteroatoms. The van der Waals surface area contributed by atoms with Gasteiger partial charge in [-0.15, -0.1) is 0 Å². The Morgan fingerprint density at radius 3 is 2.25 bits per heavy atom. The lowest BCUT2D eigenvalue weighted by Gasteiger charge is -2.32. The van der Waals surface area contributed by atoms with Crippen LogP contribution in [0.3, 0.4) is 0 Å². The second kappa shape index (κ2) is 9.00. The zero-order valence-corrected chi connectivity index (χ0v) is 17.3. The topological polar surface area (TPSA) is 49.4 Å². The Balaban J connectivity index is 2.26. The number of hydrogen-bond donors (Lipinski definition) is 1. The number of nitrogens with one attached hydrogen (secondary N) is 1. The average Bonchev–Trinajstić information content (AvgIpc) is 2.61. The number of benzene rings is 2. The van der Waals surface area contributed by atoms with E-state index in [2.05, 4.69) is 5.32 Å². The van der Waals surface area contributed by atoms with E-state index in [-0.39, 0.29) is 29.6 Å². The van der Waals surface area contributed by atoms with Crippen LogP contribution in [0.1, 0.15) is 44.4 Å². The van der Waals surface area contributed by atoms with Crippen molar-refractivity contribution in [1.82, 2.24) is 10.2 Å². The van der Waals surface area contributed by atoms with Crippen LogP contribution in [0.2, 0.25) is 0 Å². The largest absolute Gasteiger partial charge is 0.350 e. The molecule has 0 saturated heterocycles. The molecule has 150 valence electrons. The minimum Gasteiger partial charge on any atom is -0.350 e. The van der Waals surface area contributed by atoms with Gasteiger partial charge in [-0.3, -0.25) is 9.59 Å². The molecule has 0 aliphatic heterocycles. The number of carbonyl (C=O) groups excluding carboxylic acids is 2. The lowest BCUT2D eigenvalue weighted by atomic mass is 10.0. The summed E-state index contributed by atoms with van der Waals surface area (Å²) in [4.78, 5) is 27.4. The van der Waals surface area contributed by atoms with Crippen molar-refractivity contribution in [2.75, 3.05) is 0 Å². The fraction of sp³-hybridized carbons (Fsp3) is 0.391. The maximum Gasteiger partial charge on any atom is 0.242 e. The van der Waals surface area contributed by atoms with Crippen molar-refractivity contribution >= 4 is 11.8 Å². The van der Waals surface area contributed by atoms with Crippen LogP contribution in [0.5, 0.6) is 0 Å². The summed E-state index contributed by atoms with van der Waals surface area (Å²) >= 11 is 0. The number of amides is 2. The molecule has 1 unspecified atom stereocenters. The van der Waals surface area contributed by atoms with Crippen molar-refractivity contribution in [3.63, 3.8) is 0 Å². The molecule has 0 spiro atoms. The van der Waals surface area contributed by atoms with E-state index in [9.17, 15) is 14.0 Å². The van der Waals surface area contributed by atoms with E-state index < -0.39 is 6.04 Å². The number of carbonyl (C=O) groups is 2. The summed E-state index contributed by atoms with van der Waals surface area (Å²) in [5.74, 6) is -0.717. The Hall–Kier alpha value is -2.69. The van der Waals surface area contributed by atoms with Gasteiger partial charge in [-0.2, -0.15) is 0 Å². The highest BCUT2D eigenvalue weighted by atomic mass is 19.1. The Bertz CT molecular complexity index is 825. The summed E-state index contributed by atoms with van der Waals surface area (Å²) in [5, 5.41) is 2.94. The zero-order valence-electron chi connectivity index (χ0n) is 17.3. The van der Waals surface area contributed by atoms with Crippen LogP contribution >= 0.6 is 0 Å². The Morgan fingerprint density at radius 2 is 1.68 bits per heavy atom. The van der Waals surface area contributed by atoms with E-state index in [0.717, 1.165) is 11.1 Å². The van der Waals surface area contributed by atoms with Gasteiger partial charge in [0, 0.05) is 12.1 Å². The first-order valence-corrected chi connectivity index (χ1v) is 9.47. The molecule has 0 aliphatic carbocycles. The number of nitrogens with zero attached hydrogens (tertiary/aromatic N) is 1. The predicted octanol–water partition coefficient (Wildman–Crippen LogP) is 4.01. The maximum atomic E-state index is 13.2. The first-order valence-electron chi connectivity index (χ1n) is 9.47. The average molecular weight is 384 g/mol. The van der Waals surface area contributed by atoms with Gasteiger partial charge in [0.05, 0.1) is 6.42 Å². The van der Waals surface area contributed by atoms with E-state index in [1.165, 1.54) is 12.1 Å². The lowest BCUT2D eigenvalue weighted by Crippen LogP contribution is -2.52. The van der Waals surface area contributed by atoms with Crippen molar-refractivity contribution in [3.8, 4) is 0 Å². The molecule has 4 nitrogen and oxygen atoms in total. The van der Waals surface area contributed by atoms with Crippen molar-refractivity contribution in [2.45, 2.75) is 59.2 Å². The van der Waals surface area contributed by atoms with Gasteiger partial charge in [-0.05, 0) is 63.4 Å². The van der Waals surface area contributed by atoms with Crippen LogP contribution in [0, 0.1) is 12.7 Å². The normalized spacial score (nSPS) is 12.4. The third-order valence-corrected chi connectivity index (χ3v) is 4.54. The quantitative estimate of drug-likeness (QED) is 0.818. The summed E-state index contributed by atoms with van der Waals surface area (Å²) in [7, 11) is 0. The molecule has 0 fully saturated rings. The molecule has 0 aromatic heterocycles. The third-order valence-electron chi connectivity index (χ3n) is 4.54. The van der Waals surface area contributed by atoms with Gasteiger partial charge < -0.3 is 10.2 Å². The molecular formula is C23H29FN2O2. The van der Waals surface area contributed by atoms with Crippen molar-refractivity contribution < 1.29 is 14.0 Å². The SMILES string of the molecule is Cc1ccccc1CN(C(=O)Cc1ccc(F)cc1)C(C)C(=O)NC(C)(C)C. The van der Waals surface area contributed by atoms with E-state index in [1.54, 1.807) is 24.0 Å². The lowest BCUT2D eigenvalue weighted by molar-refractivity contribution is -0.140. The van der Waals surface area contributed by atoms with E-state index >= 15 is 0 Å². The summed E-state index contributed by atoms with van der Waals surface area (Å²) in [6, 6.07) is 13.0. The van der Waals surface area contributed by atoms with Crippen molar-refractivity contribution in [1.29, 1.82) is 0 Å². The van der Waals surface area contributed by atoms with Crippen LogP contribution in [-0.2, 0) is 22.6 Å². The molecule has 2 rings (SSSR count). The highest BCUT2D eigenvalue weighted by molar-refractivity contribution is 5.88. The molecule has 28 heavy (non-hydrogen) atoms. The highest BCUT2D eigenvalue weighted by Gasteiger charge is 2.28. The molecule has 2 amide bonds. The first-order chi connectivity index (χ1) is 13.1. The van der Waals surface area contributed by atoms with Gasteiger partial charge in [0.1, 0.15) is 11.9 Å². The first kappa shape index (κ1) is 21.6. The number of aryl methyl sites for hydroxylation is 1. The monoisotopic (exact) mass is 384 g/mol. The van der Waals surface area contributed by atoms with Gasteiger partial charge in [-0.1, -0.05) is 36.4 Å². The zero-order chi connectivity index (χ0) is 20.9. The Labute approximate surface area is 166 Å². The van der Waals surface area contributed by atoms with Gasteiger partial charge >= 0.3 is 0 Å². The van der Waals surface area contributed by atoms with Crippen LogP contribution in [0.4, 0.5) is 4.39 Å². The fourth-order valence-electron chi connectivity index (χ4n) is 2.91. The molecule has 2 aromatic rings. The fourth-order valence-corrected chi connectivity index (χ4v) is 2.91. The summed E-state index contributed by atoms with van der Waals surface area (Å²) in [5.41, 5.74) is 2.38. The number of halogens is 1. The molecule has 1 atom stereocenters. The number of rotatable bonds is 6. The van der Waals surface area contributed by atoms with Crippen LogP contribution < -0.4 is 5.32 Å². The van der Waals surface area contributed by atoms with Crippen molar-refractivity contribution in [3.05, 3.63) is 71.0 Å². The molecular weight excluding hydrogens is 355 g/mol. The van der Waals surface area contributed by atoms with Gasteiger partial charge in [-0.25, -0.2) is 4.39 Å². The molecule has 0 bridgehead atoms.